The van der Waals surface area contributed by atoms with Crippen LogP contribution in [0.2, 0.25) is 0 Å². The van der Waals surface area contributed by atoms with E-state index in [0.717, 1.165) is 57.8 Å². The van der Waals surface area contributed by atoms with Crippen molar-refractivity contribution in [3.8, 4) is 0 Å². The van der Waals surface area contributed by atoms with Crippen LogP contribution in [0.25, 0.3) is 0 Å². The molecule has 27 heavy (non-hydrogen) atoms. The van der Waals surface area contributed by atoms with Crippen LogP contribution in [0.4, 0.5) is 0 Å². The Balaban J connectivity index is 0.00000261. The van der Waals surface area contributed by atoms with Gasteiger partial charge in [0.1, 0.15) is 7.52 Å². The molecule has 1 N–H and O–H groups in total. The zero-order valence-corrected chi connectivity index (χ0v) is 18.8. The molecule has 152 valence electrons. The standard InChI is InChI=1S/C17H35N3O4P2.Li/c1-17(21,26(23,24)20-15-9-4-10-16-20)25(22,18-11-5-2-6-12-18)19-13-7-3-8-14-19;/h21H,2-16H2,1H3,(H,23,24);/q;+1/p-1. The van der Waals surface area contributed by atoms with Crippen LogP contribution in [0.3, 0.4) is 0 Å². The van der Waals surface area contributed by atoms with Crippen LogP contribution in [-0.4, -0.2) is 63.5 Å². The van der Waals surface area contributed by atoms with Gasteiger partial charge >= 0.3 is 18.9 Å². The van der Waals surface area contributed by atoms with E-state index in [1.165, 1.54) is 11.6 Å². The maximum Gasteiger partial charge on any atom is 1.00 e. The number of hydrogen-bond acceptors (Lipinski definition) is 4. The van der Waals surface area contributed by atoms with Gasteiger partial charge in [-0.15, -0.1) is 0 Å². The van der Waals surface area contributed by atoms with E-state index in [-0.39, 0.29) is 18.9 Å². The molecule has 0 amide bonds. The molecule has 3 rings (SSSR count). The summed E-state index contributed by atoms with van der Waals surface area (Å²) in [5.41, 5.74) is 0. The van der Waals surface area contributed by atoms with Gasteiger partial charge in [0.15, 0.2) is 5.08 Å². The molecular formula is C17H34LiN3O4P2. The summed E-state index contributed by atoms with van der Waals surface area (Å²) in [5.74, 6) is 0. The molecule has 0 aromatic rings. The summed E-state index contributed by atoms with van der Waals surface area (Å²) in [5, 5.41) is 9.21. The van der Waals surface area contributed by atoms with Crippen molar-refractivity contribution >= 4 is 15.0 Å². The molecule has 3 aliphatic rings. The Hall–Kier alpha value is 0.857. The van der Waals surface area contributed by atoms with Crippen LogP contribution in [0, 0.1) is 0 Å². The van der Waals surface area contributed by atoms with Crippen LogP contribution in [0.5, 0.6) is 0 Å². The normalized spacial score (nSPS) is 28.7. The number of hydrogen-bond donors (Lipinski definition) is 1. The van der Waals surface area contributed by atoms with Crippen LogP contribution in [0.15, 0.2) is 0 Å². The Morgan fingerprint density at radius 3 is 1.33 bits per heavy atom. The molecule has 2 atom stereocenters. The first-order valence-corrected chi connectivity index (χ1v) is 13.4. The van der Waals surface area contributed by atoms with E-state index in [0.29, 0.717) is 39.3 Å². The summed E-state index contributed by atoms with van der Waals surface area (Å²) in [4.78, 5) is 13.4. The van der Waals surface area contributed by atoms with Crippen LogP contribution < -0.4 is 23.8 Å². The smallest absolute Gasteiger partial charge is 0.785 e. The molecule has 0 radical (unpaired) electrons. The Kier molecular flexibility index (Phi) is 8.74. The van der Waals surface area contributed by atoms with Crippen molar-refractivity contribution in [3.05, 3.63) is 0 Å². The quantitative estimate of drug-likeness (QED) is 0.496. The van der Waals surface area contributed by atoms with Crippen molar-refractivity contribution in [1.29, 1.82) is 0 Å². The summed E-state index contributed by atoms with van der Waals surface area (Å²) >= 11 is 0. The largest absolute Gasteiger partial charge is 1.00 e. The molecule has 3 saturated heterocycles. The third-order valence-corrected chi connectivity index (χ3v) is 13.4. The van der Waals surface area contributed by atoms with E-state index in [9.17, 15) is 19.1 Å². The van der Waals surface area contributed by atoms with E-state index in [1.807, 2.05) is 9.34 Å². The van der Waals surface area contributed by atoms with Crippen LogP contribution in [-0.2, 0) is 9.13 Å². The van der Waals surface area contributed by atoms with Crippen molar-refractivity contribution in [2.24, 2.45) is 0 Å². The second-order valence-electron chi connectivity index (χ2n) is 8.08. The maximum absolute atomic E-state index is 14.4. The Morgan fingerprint density at radius 1 is 0.704 bits per heavy atom. The summed E-state index contributed by atoms with van der Waals surface area (Å²) in [6.45, 7) is 4.56. The van der Waals surface area contributed by atoms with E-state index in [1.54, 1.807) is 0 Å². The van der Waals surface area contributed by atoms with Gasteiger partial charge in [-0.25, -0.2) is 9.34 Å². The van der Waals surface area contributed by atoms with Crippen molar-refractivity contribution in [2.75, 3.05) is 39.3 Å². The first-order chi connectivity index (χ1) is 12.3. The molecule has 7 nitrogen and oxygen atoms in total. The average molecular weight is 413 g/mol. The van der Waals surface area contributed by atoms with Crippen molar-refractivity contribution < 1.29 is 38.0 Å². The van der Waals surface area contributed by atoms with E-state index in [4.69, 9.17) is 0 Å². The summed E-state index contributed by atoms with van der Waals surface area (Å²) < 4.78 is 32.9. The summed E-state index contributed by atoms with van der Waals surface area (Å²) in [7, 11) is -8.09. The Labute approximate surface area is 176 Å². The van der Waals surface area contributed by atoms with Gasteiger partial charge in [0.05, 0.1) is 0 Å². The van der Waals surface area contributed by atoms with Crippen molar-refractivity contribution in [3.63, 3.8) is 0 Å². The van der Waals surface area contributed by atoms with Gasteiger partial charge in [-0.1, -0.05) is 19.3 Å². The van der Waals surface area contributed by atoms with Gasteiger partial charge in [0, 0.05) is 39.3 Å². The molecule has 10 heteroatoms. The molecule has 0 bridgehead atoms. The Morgan fingerprint density at radius 2 is 1.00 bits per heavy atom. The second-order valence-corrected chi connectivity index (χ2v) is 14.0. The number of piperidine rings is 3. The van der Waals surface area contributed by atoms with E-state index < -0.39 is 20.0 Å². The minimum atomic E-state index is -4.43. The molecule has 0 saturated carbocycles. The van der Waals surface area contributed by atoms with Crippen LogP contribution in [0.1, 0.15) is 64.7 Å². The molecule has 3 aliphatic heterocycles. The molecule has 0 aromatic carbocycles. The van der Waals surface area contributed by atoms with Gasteiger partial charge in [0.25, 0.3) is 7.44 Å². The van der Waals surface area contributed by atoms with Gasteiger partial charge in [-0.2, -0.15) is 0 Å². The third kappa shape index (κ3) is 4.48. The molecule has 2 unspecified atom stereocenters. The zero-order chi connectivity index (χ0) is 18.8. The van der Waals surface area contributed by atoms with E-state index in [2.05, 4.69) is 0 Å². The predicted octanol–water partition coefficient (Wildman–Crippen LogP) is -0.139. The molecule has 0 aliphatic carbocycles. The molecule has 3 heterocycles. The van der Waals surface area contributed by atoms with Gasteiger partial charge < -0.3 is 14.6 Å². The maximum atomic E-state index is 14.4. The topological polar surface area (TPSA) is 87.1 Å². The van der Waals surface area contributed by atoms with Crippen LogP contribution >= 0.6 is 15.0 Å². The van der Waals surface area contributed by atoms with E-state index >= 15 is 0 Å². The monoisotopic (exact) mass is 413 g/mol. The second kappa shape index (κ2) is 9.78. The first-order valence-electron chi connectivity index (χ1n) is 10.2. The molecule has 3 fully saturated rings. The molecular weight excluding hydrogens is 379 g/mol. The summed E-state index contributed by atoms with van der Waals surface area (Å²) in [6, 6.07) is 0. The fraction of sp³-hybridized carbons (Fsp3) is 1.00. The van der Waals surface area contributed by atoms with Crippen molar-refractivity contribution in [2.45, 2.75) is 69.8 Å². The molecule has 0 spiro atoms. The molecule has 0 aromatic heterocycles. The van der Waals surface area contributed by atoms with Gasteiger partial charge in [-0.3, -0.25) is 9.24 Å². The first kappa shape index (κ1) is 24.1. The van der Waals surface area contributed by atoms with Gasteiger partial charge in [0.2, 0.25) is 0 Å². The third-order valence-electron chi connectivity index (χ3n) is 6.22. The minimum absolute atomic E-state index is 0. The fourth-order valence-corrected chi connectivity index (χ4v) is 11.5. The Bertz CT molecular complexity index is 553. The SMILES string of the molecule is CC(O)(P(=O)([O-])N1CCCCC1)P(=O)(N1CCCCC1)N1CCCCC1.[Li+]. The van der Waals surface area contributed by atoms with Crippen molar-refractivity contribution in [1.82, 2.24) is 14.0 Å². The minimum Gasteiger partial charge on any atom is -0.785 e. The average Bonchev–Trinajstić information content (AvgIpc) is 2.69. The zero-order valence-electron chi connectivity index (χ0n) is 17.0. The number of aliphatic hydroxyl groups is 1. The van der Waals surface area contributed by atoms with Gasteiger partial charge in [-0.05, 0) is 45.4 Å². The summed E-state index contributed by atoms with van der Waals surface area (Å²) in [6.07, 6.45) is 8.37. The number of nitrogens with zero attached hydrogens (tertiary/aromatic N) is 3. The number of rotatable bonds is 5. The predicted molar refractivity (Wildman–Crippen MR) is 102 cm³/mol. The fourth-order valence-electron chi connectivity index (χ4n) is 4.58.